The zero-order chi connectivity index (χ0) is 17.2. The highest BCUT2D eigenvalue weighted by molar-refractivity contribution is 7.89. The van der Waals surface area contributed by atoms with Gasteiger partial charge in [-0.3, -0.25) is 4.79 Å². The van der Waals surface area contributed by atoms with Crippen molar-refractivity contribution in [1.82, 2.24) is 9.29 Å². The second kappa shape index (κ2) is 6.96. The van der Waals surface area contributed by atoms with Crippen LogP contribution in [0.1, 0.15) is 12.8 Å². The summed E-state index contributed by atoms with van der Waals surface area (Å²) >= 11 is 1.31. The number of anilines is 1. The molecule has 1 atom stereocenters. The lowest BCUT2D eigenvalue weighted by atomic mass is 9.99. The van der Waals surface area contributed by atoms with E-state index >= 15 is 0 Å². The Morgan fingerprint density at radius 2 is 2.08 bits per heavy atom. The van der Waals surface area contributed by atoms with Crippen LogP contribution in [0, 0.1) is 11.7 Å². The predicted octanol–water partition coefficient (Wildman–Crippen LogP) is 2.32. The van der Waals surface area contributed by atoms with Crippen molar-refractivity contribution in [3.05, 3.63) is 41.7 Å². The largest absolute Gasteiger partial charge is 0.302 e. The maximum Gasteiger partial charge on any atom is 0.243 e. The molecule has 24 heavy (non-hydrogen) atoms. The molecular weight excluding hydrogens is 353 g/mol. The van der Waals surface area contributed by atoms with E-state index in [0.29, 0.717) is 24.5 Å². The van der Waals surface area contributed by atoms with E-state index in [4.69, 9.17) is 0 Å². The summed E-state index contributed by atoms with van der Waals surface area (Å²) in [6.07, 6.45) is 2.80. The number of halogens is 1. The van der Waals surface area contributed by atoms with Crippen molar-refractivity contribution >= 4 is 32.4 Å². The number of hydrogen-bond acceptors (Lipinski definition) is 5. The third-order valence-electron chi connectivity index (χ3n) is 3.87. The normalized spacial score (nSPS) is 19.1. The average Bonchev–Trinajstić information content (AvgIpc) is 3.08. The van der Waals surface area contributed by atoms with Crippen molar-refractivity contribution in [2.45, 2.75) is 17.7 Å². The van der Waals surface area contributed by atoms with Gasteiger partial charge in [0.25, 0.3) is 0 Å². The Morgan fingerprint density at radius 3 is 2.75 bits per heavy atom. The summed E-state index contributed by atoms with van der Waals surface area (Å²) in [5.74, 6) is -1.16. The van der Waals surface area contributed by atoms with Gasteiger partial charge in [0, 0.05) is 24.7 Å². The van der Waals surface area contributed by atoms with E-state index in [-0.39, 0.29) is 17.3 Å². The van der Waals surface area contributed by atoms with E-state index in [2.05, 4.69) is 10.3 Å². The van der Waals surface area contributed by atoms with Crippen molar-refractivity contribution in [1.29, 1.82) is 0 Å². The third kappa shape index (κ3) is 3.63. The van der Waals surface area contributed by atoms with Crippen LogP contribution in [-0.4, -0.2) is 36.7 Å². The highest BCUT2D eigenvalue weighted by atomic mass is 32.2. The van der Waals surface area contributed by atoms with Crippen molar-refractivity contribution in [3.8, 4) is 0 Å². The molecule has 1 N–H and O–H groups in total. The highest BCUT2D eigenvalue weighted by Crippen LogP contribution is 2.25. The lowest BCUT2D eigenvalue weighted by Crippen LogP contribution is -2.43. The molecule has 1 saturated heterocycles. The number of carbonyl (C=O) groups excluding carboxylic acids is 1. The molecule has 2 aromatic rings. The minimum absolute atomic E-state index is 0.0323. The molecule has 0 bridgehead atoms. The first-order valence-corrected chi connectivity index (χ1v) is 9.75. The van der Waals surface area contributed by atoms with Crippen LogP contribution < -0.4 is 5.32 Å². The van der Waals surface area contributed by atoms with Gasteiger partial charge in [-0.1, -0.05) is 0 Å². The topological polar surface area (TPSA) is 79.4 Å². The second-order valence-electron chi connectivity index (χ2n) is 5.48. The van der Waals surface area contributed by atoms with Crippen molar-refractivity contribution in [2.24, 2.45) is 5.92 Å². The van der Waals surface area contributed by atoms with E-state index in [0.717, 1.165) is 12.1 Å². The van der Waals surface area contributed by atoms with Crippen LogP contribution in [0.25, 0.3) is 0 Å². The van der Waals surface area contributed by atoms with Gasteiger partial charge in [-0.2, -0.15) is 4.31 Å². The Morgan fingerprint density at radius 1 is 1.33 bits per heavy atom. The first-order valence-electron chi connectivity index (χ1n) is 7.43. The van der Waals surface area contributed by atoms with Crippen molar-refractivity contribution < 1.29 is 17.6 Å². The lowest BCUT2D eigenvalue weighted by molar-refractivity contribution is -0.120. The molecule has 0 unspecified atom stereocenters. The fourth-order valence-corrected chi connectivity index (χ4v) is 4.68. The zero-order valence-corrected chi connectivity index (χ0v) is 14.3. The summed E-state index contributed by atoms with van der Waals surface area (Å²) in [5.41, 5.74) is 0. The molecule has 0 spiro atoms. The van der Waals surface area contributed by atoms with E-state index in [1.807, 2.05) is 0 Å². The lowest BCUT2D eigenvalue weighted by Gasteiger charge is -2.31. The molecule has 6 nitrogen and oxygen atoms in total. The number of sulfonamides is 1. The Balaban J connectivity index is 1.72. The molecule has 1 aliphatic heterocycles. The van der Waals surface area contributed by atoms with Crippen molar-refractivity contribution in [2.75, 3.05) is 18.4 Å². The summed E-state index contributed by atoms with van der Waals surface area (Å²) in [7, 11) is -3.73. The number of aromatic nitrogens is 1. The van der Waals surface area contributed by atoms with Gasteiger partial charge in [-0.15, -0.1) is 11.3 Å². The molecule has 1 aliphatic rings. The van der Waals surface area contributed by atoms with Crippen LogP contribution in [0.15, 0.2) is 40.7 Å². The minimum Gasteiger partial charge on any atom is -0.302 e. The Labute approximate surface area is 143 Å². The average molecular weight is 369 g/mol. The first-order chi connectivity index (χ1) is 11.5. The molecule has 128 valence electrons. The Hall–Kier alpha value is -1.84. The molecular formula is C15H16FN3O3S2. The van der Waals surface area contributed by atoms with Gasteiger partial charge in [0.05, 0.1) is 10.8 Å². The van der Waals surface area contributed by atoms with E-state index < -0.39 is 21.8 Å². The minimum atomic E-state index is -3.73. The van der Waals surface area contributed by atoms with Gasteiger partial charge in [0.15, 0.2) is 5.13 Å². The van der Waals surface area contributed by atoms with E-state index in [1.165, 1.54) is 27.8 Å². The maximum absolute atomic E-state index is 13.0. The fourth-order valence-electron chi connectivity index (χ4n) is 2.62. The summed E-state index contributed by atoms with van der Waals surface area (Å²) in [5, 5.41) is 4.96. The van der Waals surface area contributed by atoms with Crippen LogP contribution in [0.5, 0.6) is 0 Å². The van der Waals surface area contributed by atoms with E-state index in [9.17, 15) is 17.6 Å². The summed E-state index contributed by atoms with van der Waals surface area (Å²) in [4.78, 5) is 16.3. The number of amides is 1. The smallest absolute Gasteiger partial charge is 0.243 e. The Kier molecular flexibility index (Phi) is 4.93. The van der Waals surface area contributed by atoms with Crippen LogP contribution in [0.3, 0.4) is 0 Å². The van der Waals surface area contributed by atoms with Crippen LogP contribution in [0.4, 0.5) is 9.52 Å². The van der Waals surface area contributed by atoms with Crippen LogP contribution in [0.2, 0.25) is 0 Å². The van der Waals surface area contributed by atoms with Crippen LogP contribution >= 0.6 is 11.3 Å². The number of piperidine rings is 1. The molecule has 0 radical (unpaired) electrons. The molecule has 2 heterocycles. The van der Waals surface area contributed by atoms with Gasteiger partial charge in [0.2, 0.25) is 15.9 Å². The summed E-state index contributed by atoms with van der Waals surface area (Å²) < 4.78 is 39.6. The molecule has 1 fully saturated rings. The van der Waals surface area contributed by atoms with Crippen molar-refractivity contribution in [3.63, 3.8) is 0 Å². The van der Waals surface area contributed by atoms with Gasteiger partial charge < -0.3 is 5.32 Å². The van der Waals surface area contributed by atoms with Gasteiger partial charge >= 0.3 is 0 Å². The number of benzene rings is 1. The molecule has 3 rings (SSSR count). The molecule has 9 heteroatoms. The SMILES string of the molecule is O=C(Nc1nccs1)[C@@H]1CCCN(S(=O)(=O)c2ccc(F)cc2)C1. The number of carbonyl (C=O) groups is 1. The quantitative estimate of drug-likeness (QED) is 0.897. The number of rotatable bonds is 4. The maximum atomic E-state index is 13.0. The first kappa shape index (κ1) is 17.0. The summed E-state index contributed by atoms with van der Waals surface area (Å²) in [6, 6.07) is 4.71. The molecule has 1 amide bonds. The molecule has 1 aromatic carbocycles. The predicted molar refractivity (Wildman–Crippen MR) is 88.6 cm³/mol. The number of thiazole rings is 1. The second-order valence-corrected chi connectivity index (χ2v) is 8.32. The molecule has 0 saturated carbocycles. The van der Waals surface area contributed by atoms with Gasteiger partial charge in [-0.25, -0.2) is 17.8 Å². The highest BCUT2D eigenvalue weighted by Gasteiger charge is 2.33. The summed E-state index contributed by atoms with van der Waals surface area (Å²) in [6.45, 7) is 0.456. The number of hydrogen-bond donors (Lipinski definition) is 1. The monoisotopic (exact) mass is 369 g/mol. The standard InChI is InChI=1S/C15H16FN3O3S2/c16-12-3-5-13(6-4-12)24(21,22)19-8-1-2-11(10-19)14(20)18-15-17-7-9-23-15/h3-7,9,11H,1-2,8,10H2,(H,17,18,20)/t11-/m1/s1. The van der Waals surface area contributed by atoms with Crippen LogP contribution in [-0.2, 0) is 14.8 Å². The Bertz CT molecular complexity index is 807. The zero-order valence-electron chi connectivity index (χ0n) is 12.7. The fraction of sp³-hybridized carbons (Fsp3) is 0.333. The number of nitrogens with zero attached hydrogens (tertiary/aromatic N) is 2. The molecule has 1 aromatic heterocycles. The van der Waals surface area contributed by atoms with E-state index in [1.54, 1.807) is 11.6 Å². The third-order valence-corrected chi connectivity index (χ3v) is 6.44. The molecule has 0 aliphatic carbocycles. The number of nitrogens with one attached hydrogen (secondary N) is 1. The van der Waals surface area contributed by atoms with Gasteiger partial charge in [-0.05, 0) is 37.1 Å². The van der Waals surface area contributed by atoms with Gasteiger partial charge in [0.1, 0.15) is 5.82 Å².